The van der Waals surface area contributed by atoms with Gasteiger partial charge in [-0.05, 0) is 49.2 Å². The lowest BCUT2D eigenvalue weighted by atomic mass is 9.94. The van der Waals surface area contributed by atoms with Crippen LogP contribution in [0.1, 0.15) is 44.2 Å². The largest absolute Gasteiger partial charge is 0.504 e. The number of aromatic hydroxyl groups is 1. The van der Waals surface area contributed by atoms with Crippen LogP contribution in [0.25, 0.3) is 17.0 Å². The summed E-state index contributed by atoms with van der Waals surface area (Å²) in [6, 6.07) is 9.60. The zero-order chi connectivity index (χ0) is 24.5. The Bertz CT molecular complexity index is 1300. The van der Waals surface area contributed by atoms with E-state index in [0.717, 1.165) is 12.8 Å². The van der Waals surface area contributed by atoms with E-state index in [0.29, 0.717) is 52.0 Å². The number of fused-ring (bicyclic) bond motifs is 1. The molecule has 5 rings (SSSR count). The maximum atomic E-state index is 13.0. The van der Waals surface area contributed by atoms with Crippen molar-refractivity contribution in [3.8, 4) is 34.4 Å². The quantitative estimate of drug-likeness (QED) is 0.510. The molecule has 0 bridgehead atoms. The number of methoxy groups -OCH3 is 1. The fraction of sp³-hybridized carbons (Fsp3) is 0.320. The van der Waals surface area contributed by atoms with Gasteiger partial charge in [-0.2, -0.15) is 4.98 Å². The molecule has 35 heavy (non-hydrogen) atoms. The van der Waals surface area contributed by atoms with E-state index in [1.807, 2.05) is 13.0 Å². The molecule has 2 aliphatic heterocycles. The number of ether oxygens (including phenoxy) is 3. The van der Waals surface area contributed by atoms with Gasteiger partial charge in [-0.25, -0.2) is 4.79 Å². The van der Waals surface area contributed by atoms with E-state index in [1.165, 1.54) is 7.11 Å². The Labute approximate surface area is 202 Å². The number of aromatic nitrogens is 2. The molecule has 2 amide bonds. The number of allylic oxidation sites excluding steroid dienone is 1. The van der Waals surface area contributed by atoms with E-state index in [9.17, 15) is 9.90 Å². The standard InChI is InChI=1S/C25H26N4O6/c1-4-5-10-29-14(2)21(22(26-25(29)31)15-6-8-18(32-3)17(30)11-15)24-27-23(28-35-24)16-7-9-19-20(12-16)34-13-33-19/h6-9,11-12,22,30H,4-5,10,13H2,1-3H3,(H,26,31). The van der Waals surface area contributed by atoms with Crippen molar-refractivity contribution in [2.45, 2.75) is 32.7 Å². The Balaban J connectivity index is 1.57. The van der Waals surface area contributed by atoms with Crippen LogP contribution in [-0.4, -0.2) is 46.6 Å². The molecule has 2 N–H and O–H groups in total. The summed E-state index contributed by atoms with van der Waals surface area (Å²) < 4.78 is 21.7. The van der Waals surface area contributed by atoms with Crippen molar-refractivity contribution >= 4 is 11.6 Å². The number of benzene rings is 2. The third-order valence-corrected chi connectivity index (χ3v) is 6.16. The zero-order valence-electron chi connectivity index (χ0n) is 19.7. The number of phenolic OH excluding ortho intramolecular Hbond substituents is 1. The normalized spacial score (nSPS) is 17.1. The van der Waals surface area contributed by atoms with Crippen LogP contribution in [0.4, 0.5) is 4.79 Å². The lowest BCUT2D eigenvalue weighted by molar-refractivity contribution is 0.174. The van der Waals surface area contributed by atoms with Crippen LogP contribution in [0.5, 0.6) is 23.0 Å². The molecule has 1 aromatic heterocycles. The van der Waals surface area contributed by atoms with Crippen LogP contribution in [0, 0.1) is 0 Å². The maximum absolute atomic E-state index is 13.0. The summed E-state index contributed by atoms with van der Waals surface area (Å²) in [5.41, 5.74) is 2.74. The number of urea groups is 1. The summed E-state index contributed by atoms with van der Waals surface area (Å²) in [6.45, 7) is 4.67. The minimum absolute atomic E-state index is 0.0313. The van der Waals surface area contributed by atoms with Gasteiger partial charge < -0.3 is 29.2 Å². The minimum Gasteiger partial charge on any atom is -0.504 e. The van der Waals surface area contributed by atoms with E-state index >= 15 is 0 Å². The summed E-state index contributed by atoms with van der Waals surface area (Å²) in [5.74, 6) is 2.24. The highest BCUT2D eigenvalue weighted by molar-refractivity contribution is 5.87. The molecule has 10 heteroatoms. The molecule has 1 atom stereocenters. The van der Waals surface area contributed by atoms with Gasteiger partial charge in [0.25, 0.3) is 5.89 Å². The molecule has 3 aromatic rings. The smallest absolute Gasteiger partial charge is 0.322 e. The Hall–Kier alpha value is -4.21. The van der Waals surface area contributed by atoms with Gasteiger partial charge in [0.15, 0.2) is 23.0 Å². The first-order valence-corrected chi connectivity index (χ1v) is 11.4. The first-order chi connectivity index (χ1) is 17.0. The highest BCUT2D eigenvalue weighted by atomic mass is 16.7. The van der Waals surface area contributed by atoms with Gasteiger partial charge in [0, 0.05) is 17.8 Å². The minimum atomic E-state index is -0.609. The summed E-state index contributed by atoms with van der Waals surface area (Å²) in [6.07, 6.45) is 1.79. The number of carbonyl (C=O) groups excluding carboxylic acids is 1. The van der Waals surface area contributed by atoms with E-state index in [-0.39, 0.29) is 24.5 Å². The molecular formula is C25H26N4O6. The number of hydrogen-bond donors (Lipinski definition) is 2. The highest BCUT2D eigenvalue weighted by Crippen LogP contribution is 2.40. The summed E-state index contributed by atoms with van der Waals surface area (Å²) in [5, 5.41) is 17.6. The third kappa shape index (κ3) is 4.11. The molecule has 0 saturated carbocycles. The molecule has 182 valence electrons. The van der Waals surface area contributed by atoms with Gasteiger partial charge in [-0.3, -0.25) is 4.90 Å². The van der Waals surface area contributed by atoms with Gasteiger partial charge >= 0.3 is 6.03 Å². The average Bonchev–Trinajstić information content (AvgIpc) is 3.53. The molecule has 2 aliphatic rings. The molecule has 10 nitrogen and oxygen atoms in total. The predicted octanol–water partition coefficient (Wildman–Crippen LogP) is 4.48. The lowest BCUT2D eigenvalue weighted by Gasteiger charge is -2.35. The van der Waals surface area contributed by atoms with Crippen molar-refractivity contribution in [1.29, 1.82) is 0 Å². The van der Waals surface area contributed by atoms with Crippen LogP contribution in [-0.2, 0) is 0 Å². The third-order valence-electron chi connectivity index (χ3n) is 6.16. The highest BCUT2D eigenvalue weighted by Gasteiger charge is 2.36. The number of nitrogens with zero attached hydrogens (tertiary/aromatic N) is 3. The van der Waals surface area contributed by atoms with Crippen molar-refractivity contribution in [3.63, 3.8) is 0 Å². The Morgan fingerprint density at radius 1 is 1.20 bits per heavy atom. The van der Waals surface area contributed by atoms with Gasteiger partial charge in [0.05, 0.1) is 18.7 Å². The second-order valence-electron chi connectivity index (χ2n) is 8.31. The van der Waals surface area contributed by atoms with Crippen molar-refractivity contribution in [2.24, 2.45) is 0 Å². The Morgan fingerprint density at radius 2 is 2.03 bits per heavy atom. The first kappa shape index (κ1) is 22.6. The predicted molar refractivity (Wildman–Crippen MR) is 126 cm³/mol. The molecule has 0 fully saturated rings. The van der Waals surface area contributed by atoms with Gasteiger partial charge in [0.2, 0.25) is 12.6 Å². The maximum Gasteiger partial charge on any atom is 0.322 e. The fourth-order valence-electron chi connectivity index (χ4n) is 4.27. The van der Waals surface area contributed by atoms with Crippen molar-refractivity contribution in [3.05, 3.63) is 53.5 Å². The molecule has 1 unspecified atom stereocenters. The summed E-state index contributed by atoms with van der Waals surface area (Å²) >= 11 is 0. The Morgan fingerprint density at radius 3 is 2.80 bits per heavy atom. The fourth-order valence-corrected chi connectivity index (χ4v) is 4.27. The SMILES string of the molecule is CCCCN1C(=O)NC(c2ccc(OC)c(O)c2)C(c2nc(-c3ccc4c(c3)OCO4)no2)=C1C. The first-order valence-electron chi connectivity index (χ1n) is 11.4. The van der Waals surface area contributed by atoms with Crippen molar-refractivity contribution < 1.29 is 28.6 Å². The van der Waals surface area contributed by atoms with E-state index < -0.39 is 6.04 Å². The average molecular weight is 479 g/mol. The van der Waals surface area contributed by atoms with E-state index in [4.69, 9.17) is 18.7 Å². The van der Waals surface area contributed by atoms with Crippen LogP contribution in [0.3, 0.4) is 0 Å². The lowest BCUT2D eigenvalue weighted by Crippen LogP contribution is -2.46. The number of hydrogen-bond acceptors (Lipinski definition) is 8. The van der Waals surface area contributed by atoms with Crippen LogP contribution in [0.15, 0.2) is 46.6 Å². The molecule has 0 saturated heterocycles. The van der Waals surface area contributed by atoms with Crippen molar-refractivity contribution in [1.82, 2.24) is 20.4 Å². The molecule has 0 aliphatic carbocycles. The molecular weight excluding hydrogens is 452 g/mol. The number of unbranched alkanes of at least 4 members (excludes halogenated alkanes) is 1. The van der Waals surface area contributed by atoms with Crippen LogP contribution < -0.4 is 19.5 Å². The van der Waals surface area contributed by atoms with Gasteiger partial charge in [-0.15, -0.1) is 0 Å². The number of carbonyl (C=O) groups is 1. The molecule has 0 radical (unpaired) electrons. The number of amides is 2. The molecule has 2 aromatic carbocycles. The van der Waals surface area contributed by atoms with E-state index in [1.54, 1.807) is 35.2 Å². The summed E-state index contributed by atoms with van der Waals surface area (Å²) in [4.78, 5) is 19.4. The van der Waals surface area contributed by atoms with Crippen LogP contribution >= 0.6 is 0 Å². The second kappa shape index (κ2) is 9.21. The topological polar surface area (TPSA) is 119 Å². The van der Waals surface area contributed by atoms with Gasteiger partial charge in [-0.1, -0.05) is 24.6 Å². The number of rotatable bonds is 7. The monoisotopic (exact) mass is 478 g/mol. The molecule has 3 heterocycles. The number of phenols is 1. The zero-order valence-corrected chi connectivity index (χ0v) is 19.7. The van der Waals surface area contributed by atoms with E-state index in [2.05, 4.69) is 22.4 Å². The summed E-state index contributed by atoms with van der Waals surface area (Å²) in [7, 11) is 1.48. The van der Waals surface area contributed by atoms with Gasteiger partial charge in [0.1, 0.15) is 0 Å². The van der Waals surface area contributed by atoms with Crippen LogP contribution in [0.2, 0.25) is 0 Å². The molecule has 0 spiro atoms. The number of nitrogens with one attached hydrogen (secondary N) is 1. The van der Waals surface area contributed by atoms with Crippen molar-refractivity contribution in [2.75, 3.05) is 20.4 Å². The second-order valence-corrected chi connectivity index (χ2v) is 8.31. The Kier molecular flexibility index (Phi) is 5.94.